The van der Waals surface area contributed by atoms with Gasteiger partial charge in [-0.1, -0.05) is 62.4 Å². The lowest BCUT2D eigenvalue weighted by molar-refractivity contribution is -0.129. The smallest absolute Gasteiger partial charge is 0.251 e. The molecule has 2 aliphatic rings. The summed E-state index contributed by atoms with van der Waals surface area (Å²) < 4.78 is 42.6. The van der Waals surface area contributed by atoms with Gasteiger partial charge in [-0.05, 0) is 114 Å². The van der Waals surface area contributed by atoms with Gasteiger partial charge in [-0.2, -0.15) is 0 Å². The second-order valence-corrected chi connectivity index (χ2v) is 23.5. The van der Waals surface area contributed by atoms with Crippen LogP contribution in [0.1, 0.15) is 113 Å². The van der Waals surface area contributed by atoms with E-state index in [9.17, 15) is 37.5 Å². The highest BCUT2D eigenvalue weighted by atomic mass is 19.1. The molecule has 0 saturated carbocycles. The molecule has 0 unspecified atom stereocenters. The summed E-state index contributed by atoms with van der Waals surface area (Å²) in [4.78, 5) is 92.4. The molecule has 7 aromatic rings. The molecule has 2 aliphatic heterocycles. The summed E-state index contributed by atoms with van der Waals surface area (Å²) in [5.41, 5.74) is 3.80. The van der Waals surface area contributed by atoms with Crippen molar-refractivity contribution in [2.24, 2.45) is 0 Å². The molecule has 4 aromatic heterocycles. The van der Waals surface area contributed by atoms with E-state index < -0.39 is 70.7 Å². The second-order valence-electron chi connectivity index (χ2n) is 23.5. The molecule has 24 heteroatoms. The fourth-order valence-corrected chi connectivity index (χ4v) is 10.7. The van der Waals surface area contributed by atoms with Gasteiger partial charge in [0.2, 0.25) is 11.8 Å². The maximum atomic E-state index is 14.8. The van der Waals surface area contributed by atoms with E-state index in [-0.39, 0.29) is 61.9 Å². The van der Waals surface area contributed by atoms with Crippen LogP contribution in [0.2, 0.25) is 0 Å². The number of pyridine rings is 2. The molecule has 0 aliphatic carbocycles. The maximum absolute atomic E-state index is 14.8. The normalized spacial score (nSPS) is 16.1. The number of fused-ring (bicyclic) bond motifs is 2. The van der Waals surface area contributed by atoms with Gasteiger partial charge in [-0.25, -0.2) is 18.1 Å². The number of amides is 4. The summed E-state index contributed by atoms with van der Waals surface area (Å²) in [5.74, 6) is -1.21. The van der Waals surface area contributed by atoms with Crippen molar-refractivity contribution in [2.75, 3.05) is 50.2 Å². The predicted octanol–water partition coefficient (Wildman–Crippen LogP) is 4.91. The summed E-state index contributed by atoms with van der Waals surface area (Å²) in [5, 5.41) is 29.2. The molecule has 0 fully saturated rings. The number of aromatic amines is 2. The maximum Gasteiger partial charge on any atom is 0.251 e. The fourth-order valence-electron chi connectivity index (χ4n) is 10.7. The standard InChI is InChI=1S/C62H74F2N14O8/c1-35(65-9)55(79)67-51(59(83)75-33-61(5,6)53-49(75)29-41(57(81)69-53)27-39-11-15-43(63)16-12-39)37(3)77-31-45(71-73-77)23-25-85-47-19-21-48(22-20-47)86-26-24-46-32-78(74-72-46)38(4)52(68-56(80)36(2)66-10)60(84)76-34-62(7,8)54-50(76)30-42(58(82)70-54)28-40-13-17-44(64)18-14-40/h11-22,29-32,35-38,51-52,65-66H,23-28,33-34H2,1-10H3,(H,67,79)(H,68,80)(H,69,81)(H,70,82)/t35-,36-,37-,38-,51-,52-/m0/s1. The summed E-state index contributed by atoms with van der Waals surface area (Å²) in [6.45, 7) is 15.6. The number of benzene rings is 3. The number of aromatic nitrogens is 8. The lowest BCUT2D eigenvalue weighted by Gasteiger charge is -2.30. The molecule has 6 heterocycles. The summed E-state index contributed by atoms with van der Waals surface area (Å²) in [6, 6.07) is 17.5. The van der Waals surface area contributed by atoms with Crippen LogP contribution in [0, 0.1) is 11.6 Å². The zero-order chi connectivity index (χ0) is 61.8. The van der Waals surface area contributed by atoms with E-state index >= 15 is 0 Å². The Kier molecular flexibility index (Phi) is 18.5. The monoisotopic (exact) mass is 1180 g/mol. The van der Waals surface area contributed by atoms with Gasteiger partial charge in [0.25, 0.3) is 22.9 Å². The van der Waals surface area contributed by atoms with Gasteiger partial charge in [-0.15, -0.1) is 10.2 Å². The molecule has 6 N–H and O–H groups in total. The zero-order valence-electron chi connectivity index (χ0n) is 50.0. The number of H-pyrrole nitrogens is 2. The first-order valence-electron chi connectivity index (χ1n) is 28.7. The second kappa shape index (κ2) is 25.8. The van der Waals surface area contributed by atoms with Gasteiger partial charge >= 0.3 is 0 Å². The van der Waals surface area contributed by atoms with E-state index in [1.54, 1.807) is 134 Å². The third-order valence-electron chi connectivity index (χ3n) is 16.2. The molecule has 86 heavy (non-hydrogen) atoms. The van der Waals surface area contributed by atoms with Crippen LogP contribution in [0.3, 0.4) is 0 Å². The lowest BCUT2D eigenvalue weighted by Crippen LogP contribution is -2.55. The largest absolute Gasteiger partial charge is 0.493 e. The fraction of sp³-hybridized carbons (Fsp3) is 0.419. The number of hydrogen-bond acceptors (Lipinski definition) is 14. The minimum absolute atomic E-state index is 0.216. The Morgan fingerprint density at radius 2 is 0.942 bits per heavy atom. The Hall–Kier alpha value is -8.90. The quantitative estimate of drug-likeness (QED) is 0.0470. The third kappa shape index (κ3) is 13.8. The van der Waals surface area contributed by atoms with E-state index in [2.05, 4.69) is 51.9 Å². The Morgan fingerprint density at radius 1 is 0.581 bits per heavy atom. The van der Waals surface area contributed by atoms with Crippen molar-refractivity contribution in [1.29, 1.82) is 0 Å². The van der Waals surface area contributed by atoms with Gasteiger partial charge in [0.05, 0.1) is 60.1 Å². The Balaban J connectivity index is 0.802. The van der Waals surface area contributed by atoms with Crippen molar-refractivity contribution in [1.82, 2.24) is 61.2 Å². The highest BCUT2D eigenvalue weighted by Gasteiger charge is 2.45. The number of halogens is 2. The summed E-state index contributed by atoms with van der Waals surface area (Å²) >= 11 is 0. The molecule has 6 atom stereocenters. The van der Waals surface area contributed by atoms with Crippen LogP contribution in [0.4, 0.5) is 20.2 Å². The molecule has 454 valence electrons. The lowest BCUT2D eigenvalue weighted by atomic mass is 9.91. The predicted molar refractivity (Wildman–Crippen MR) is 319 cm³/mol. The number of nitrogens with zero attached hydrogens (tertiary/aromatic N) is 8. The first-order chi connectivity index (χ1) is 40.9. The molecular formula is C62H74F2N14O8. The Bertz CT molecular complexity index is 3470. The first-order valence-corrected chi connectivity index (χ1v) is 28.7. The number of carbonyl (C=O) groups is 4. The van der Waals surface area contributed by atoms with Gasteiger partial charge in [0.15, 0.2) is 0 Å². The van der Waals surface area contributed by atoms with Crippen LogP contribution in [0.5, 0.6) is 11.5 Å². The number of ether oxygens (including phenoxy) is 2. The number of rotatable bonds is 24. The molecule has 0 spiro atoms. The van der Waals surface area contributed by atoms with Crippen molar-refractivity contribution in [2.45, 2.75) is 128 Å². The van der Waals surface area contributed by atoms with Crippen molar-refractivity contribution in [3.63, 3.8) is 0 Å². The van der Waals surface area contributed by atoms with E-state index in [0.717, 1.165) is 11.1 Å². The Morgan fingerprint density at radius 3 is 1.29 bits per heavy atom. The molecule has 0 saturated heterocycles. The van der Waals surface area contributed by atoms with Crippen LogP contribution in [-0.4, -0.2) is 128 Å². The van der Waals surface area contributed by atoms with Gasteiger partial charge in [-0.3, -0.25) is 28.8 Å². The first kappa shape index (κ1) is 61.7. The summed E-state index contributed by atoms with van der Waals surface area (Å²) in [6.07, 6.45) is 4.60. The van der Waals surface area contributed by atoms with Gasteiger partial charge in [0, 0.05) is 84.5 Å². The minimum atomic E-state index is -1.10. The molecule has 22 nitrogen and oxygen atoms in total. The van der Waals surface area contributed by atoms with Crippen LogP contribution in [0.25, 0.3) is 0 Å². The average molecular weight is 1180 g/mol. The Labute approximate surface area is 496 Å². The molecule has 3 aromatic carbocycles. The highest BCUT2D eigenvalue weighted by Crippen LogP contribution is 2.41. The number of anilines is 2. The van der Waals surface area contributed by atoms with Crippen LogP contribution in [-0.2, 0) is 55.7 Å². The van der Waals surface area contributed by atoms with Crippen LogP contribution in [0.15, 0.2) is 107 Å². The molecule has 9 rings (SSSR count). The van der Waals surface area contributed by atoms with E-state index in [0.29, 0.717) is 69.6 Å². The number of hydrogen-bond donors (Lipinski definition) is 6. The SMILES string of the molecule is CN[C@@H](C)C(=O)N[C@H](C(=O)N1CC(C)(C)c2[nH]c(=O)c(Cc3ccc(F)cc3)cc21)[C@H](C)n1cc(CCOc2ccc(OCCc3cn([C@@H](C)[C@H](NC(=O)[C@H](C)NC)C(=O)N4CC(C)(C)c5[nH]c(=O)c(Cc6ccc(F)cc6)cc54)nn3)cc2)nn1. The highest BCUT2D eigenvalue weighted by molar-refractivity contribution is 6.03. The van der Waals surface area contributed by atoms with Gasteiger partial charge in [0.1, 0.15) is 35.2 Å². The van der Waals surface area contributed by atoms with Crippen molar-refractivity contribution in [3.05, 3.63) is 175 Å². The molecule has 0 bridgehead atoms. The van der Waals surface area contributed by atoms with Crippen molar-refractivity contribution in [3.8, 4) is 11.5 Å². The summed E-state index contributed by atoms with van der Waals surface area (Å²) in [7, 11) is 3.30. The van der Waals surface area contributed by atoms with E-state index in [1.807, 2.05) is 27.7 Å². The van der Waals surface area contributed by atoms with Crippen molar-refractivity contribution < 1.29 is 37.4 Å². The molecule has 0 radical (unpaired) electrons. The topological polar surface area (TPSA) is 268 Å². The third-order valence-corrected chi connectivity index (χ3v) is 16.2. The molecular weight excluding hydrogens is 1110 g/mol. The van der Waals surface area contributed by atoms with E-state index in [1.165, 1.54) is 24.3 Å². The minimum Gasteiger partial charge on any atom is -0.493 e. The number of carbonyl (C=O) groups excluding carboxylic acids is 4. The van der Waals surface area contributed by atoms with Crippen LogP contribution < -0.4 is 51.7 Å². The average Bonchev–Trinajstić information content (AvgIpc) is 1.71. The van der Waals surface area contributed by atoms with E-state index in [4.69, 9.17) is 9.47 Å². The zero-order valence-corrected chi connectivity index (χ0v) is 50.0. The number of nitrogens with one attached hydrogen (secondary N) is 6. The molecule has 4 amide bonds. The van der Waals surface area contributed by atoms with Gasteiger partial charge < -0.3 is 50.5 Å². The van der Waals surface area contributed by atoms with Crippen molar-refractivity contribution >= 4 is 35.0 Å². The number of likely N-dealkylation sites (N-methyl/N-ethyl adjacent to an activating group) is 2. The van der Waals surface area contributed by atoms with Crippen LogP contribution >= 0.6 is 0 Å².